The Hall–Kier alpha value is -1.83. The first-order chi connectivity index (χ1) is 7.85. The molecule has 0 atom stereocenters. The zero-order valence-corrected chi connectivity index (χ0v) is 9.35. The van der Waals surface area contributed by atoms with E-state index in [-0.39, 0.29) is 0 Å². The fourth-order valence-electron chi connectivity index (χ4n) is 1.67. The number of nitrogens with one attached hydrogen (secondary N) is 1. The number of anilines is 2. The van der Waals surface area contributed by atoms with E-state index in [2.05, 4.69) is 26.3 Å². The summed E-state index contributed by atoms with van der Waals surface area (Å²) in [5, 5.41) is 11.6. The van der Waals surface area contributed by atoms with Gasteiger partial charge in [0, 0.05) is 25.8 Å². The van der Waals surface area contributed by atoms with E-state index < -0.39 is 0 Å². The van der Waals surface area contributed by atoms with Crippen molar-refractivity contribution >= 4 is 11.8 Å². The van der Waals surface area contributed by atoms with E-state index in [4.69, 9.17) is 5.26 Å². The van der Waals surface area contributed by atoms with Crippen LogP contribution in [0.4, 0.5) is 11.8 Å². The van der Waals surface area contributed by atoms with Crippen LogP contribution in [0.2, 0.25) is 0 Å². The van der Waals surface area contributed by atoms with E-state index in [9.17, 15) is 0 Å². The molecule has 0 unspecified atom stereocenters. The molecular formula is C11H15N5. The molecule has 1 saturated carbocycles. The molecule has 1 aliphatic rings. The summed E-state index contributed by atoms with van der Waals surface area (Å²) in [7, 11) is 1.80. The third-order valence-electron chi connectivity index (χ3n) is 2.61. The van der Waals surface area contributed by atoms with E-state index in [1.54, 1.807) is 13.2 Å². The summed E-state index contributed by atoms with van der Waals surface area (Å²) >= 11 is 0. The van der Waals surface area contributed by atoms with Crippen molar-refractivity contribution < 1.29 is 0 Å². The fourth-order valence-corrected chi connectivity index (χ4v) is 1.67. The zero-order chi connectivity index (χ0) is 11.4. The first-order valence-electron chi connectivity index (χ1n) is 5.49. The van der Waals surface area contributed by atoms with Crippen molar-refractivity contribution in [3.8, 4) is 6.07 Å². The molecular weight excluding hydrogens is 202 g/mol. The van der Waals surface area contributed by atoms with E-state index in [0.29, 0.717) is 18.4 Å². The summed E-state index contributed by atoms with van der Waals surface area (Å²) < 4.78 is 0. The molecule has 1 aromatic heterocycles. The highest BCUT2D eigenvalue weighted by atomic mass is 15.3. The lowest BCUT2D eigenvalue weighted by Crippen LogP contribution is -2.27. The average Bonchev–Trinajstić information content (AvgIpc) is 3.14. The van der Waals surface area contributed by atoms with Crippen LogP contribution in [0.15, 0.2) is 12.3 Å². The van der Waals surface area contributed by atoms with Crippen LogP contribution in [0.3, 0.4) is 0 Å². The van der Waals surface area contributed by atoms with Crippen LogP contribution in [0, 0.1) is 11.3 Å². The van der Waals surface area contributed by atoms with Crippen LogP contribution in [0.25, 0.3) is 0 Å². The molecule has 84 valence electrons. The van der Waals surface area contributed by atoms with Crippen molar-refractivity contribution in [1.82, 2.24) is 9.97 Å². The van der Waals surface area contributed by atoms with Crippen LogP contribution in [-0.4, -0.2) is 29.6 Å². The quantitative estimate of drug-likeness (QED) is 0.807. The van der Waals surface area contributed by atoms with Crippen LogP contribution < -0.4 is 10.2 Å². The minimum absolute atomic E-state index is 0.537. The third-order valence-corrected chi connectivity index (χ3v) is 2.61. The predicted octanol–water partition coefficient (Wildman–Crippen LogP) is 1.40. The summed E-state index contributed by atoms with van der Waals surface area (Å²) in [4.78, 5) is 10.7. The highest BCUT2D eigenvalue weighted by Gasteiger charge is 2.29. The predicted molar refractivity (Wildman–Crippen MR) is 62.2 cm³/mol. The monoisotopic (exact) mass is 217 g/mol. The van der Waals surface area contributed by atoms with Gasteiger partial charge in [-0.3, -0.25) is 0 Å². The van der Waals surface area contributed by atoms with Crippen molar-refractivity contribution in [3.05, 3.63) is 12.3 Å². The molecule has 1 aliphatic carbocycles. The van der Waals surface area contributed by atoms with Crippen LogP contribution in [0.1, 0.15) is 19.3 Å². The summed E-state index contributed by atoms with van der Waals surface area (Å²) in [5.74, 6) is 1.54. The lowest BCUT2D eigenvalue weighted by Gasteiger charge is -2.22. The first kappa shape index (κ1) is 10.7. The number of aromatic nitrogens is 2. The van der Waals surface area contributed by atoms with Crippen molar-refractivity contribution in [3.63, 3.8) is 0 Å². The van der Waals surface area contributed by atoms with Gasteiger partial charge in [0.2, 0.25) is 5.95 Å². The van der Waals surface area contributed by atoms with Crippen molar-refractivity contribution in [2.75, 3.05) is 23.8 Å². The van der Waals surface area contributed by atoms with Gasteiger partial charge in [-0.25, -0.2) is 4.98 Å². The smallest absolute Gasteiger partial charge is 0.224 e. The minimum atomic E-state index is 0.537. The maximum atomic E-state index is 8.64. The van der Waals surface area contributed by atoms with Crippen molar-refractivity contribution in [1.29, 1.82) is 5.26 Å². The molecule has 5 nitrogen and oxygen atoms in total. The Kier molecular flexibility index (Phi) is 3.20. The van der Waals surface area contributed by atoms with Gasteiger partial charge in [-0.05, 0) is 18.9 Å². The van der Waals surface area contributed by atoms with Gasteiger partial charge in [0.15, 0.2) is 0 Å². The first-order valence-corrected chi connectivity index (χ1v) is 5.49. The maximum Gasteiger partial charge on any atom is 0.224 e. The standard InChI is InChI=1S/C11H15N5/c1-13-11-14-7-5-10(15-11)16(8-2-6-12)9-3-4-9/h5,7,9H,2-4,8H2,1H3,(H,13,14,15). The molecule has 0 aliphatic heterocycles. The number of nitriles is 1. The summed E-state index contributed by atoms with van der Waals surface area (Å²) in [6.45, 7) is 0.751. The van der Waals surface area contributed by atoms with E-state index in [1.165, 1.54) is 12.8 Å². The molecule has 0 amide bonds. The van der Waals surface area contributed by atoms with Gasteiger partial charge in [-0.15, -0.1) is 0 Å². The second-order valence-corrected chi connectivity index (χ2v) is 3.82. The number of hydrogen-bond donors (Lipinski definition) is 1. The minimum Gasteiger partial charge on any atom is -0.357 e. The Morgan fingerprint density at radius 1 is 1.62 bits per heavy atom. The summed E-state index contributed by atoms with van der Waals surface area (Å²) in [5.41, 5.74) is 0. The normalized spacial score (nSPS) is 14.2. The van der Waals surface area contributed by atoms with Gasteiger partial charge in [0.25, 0.3) is 0 Å². The zero-order valence-electron chi connectivity index (χ0n) is 9.35. The molecule has 1 N–H and O–H groups in total. The second-order valence-electron chi connectivity index (χ2n) is 3.82. The average molecular weight is 217 g/mol. The highest BCUT2D eigenvalue weighted by molar-refractivity contribution is 5.44. The largest absolute Gasteiger partial charge is 0.357 e. The summed E-state index contributed by atoms with van der Waals surface area (Å²) in [6.07, 6.45) is 4.68. The molecule has 0 bridgehead atoms. The molecule has 1 fully saturated rings. The third kappa shape index (κ3) is 2.40. The fraction of sp³-hybridized carbons (Fsp3) is 0.545. The topological polar surface area (TPSA) is 64.8 Å². The molecule has 1 heterocycles. The van der Waals surface area contributed by atoms with Crippen molar-refractivity contribution in [2.24, 2.45) is 0 Å². The SMILES string of the molecule is CNc1nccc(N(CCC#N)C2CC2)n1. The Labute approximate surface area is 95.1 Å². The van der Waals surface area contributed by atoms with E-state index >= 15 is 0 Å². The Morgan fingerprint density at radius 3 is 3.06 bits per heavy atom. The van der Waals surface area contributed by atoms with Gasteiger partial charge < -0.3 is 10.2 Å². The number of hydrogen-bond acceptors (Lipinski definition) is 5. The molecule has 16 heavy (non-hydrogen) atoms. The van der Waals surface area contributed by atoms with E-state index in [1.807, 2.05) is 6.07 Å². The van der Waals surface area contributed by atoms with Crippen LogP contribution in [0.5, 0.6) is 0 Å². The number of rotatable bonds is 5. The van der Waals surface area contributed by atoms with Crippen LogP contribution in [-0.2, 0) is 0 Å². The molecule has 5 heteroatoms. The van der Waals surface area contributed by atoms with Crippen LogP contribution >= 0.6 is 0 Å². The number of nitrogens with zero attached hydrogens (tertiary/aromatic N) is 4. The Bertz CT molecular complexity index is 394. The molecule has 2 rings (SSSR count). The van der Waals surface area contributed by atoms with Crippen molar-refractivity contribution in [2.45, 2.75) is 25.3 Å². The van der Waals surface area contributed by atoms with Gasteiger partial charge >= 0.3 is 0 Å². The molecule has 0 saturated heterocycles. The van der Waals surface area contributed by atoms with Gasteiger partial charge in [-0.2, -0.15) is 10.2 Å². The Balaban J connectivity index is 2.14. The van der Waals surface area contributed by atoms with Gasteiger partial charge in [-0.1, -0.05) is 0 Å². The molecule has 1 aromatic rings. The van der Waals surface area contributed by atoms with Gasteiger partial charge in [0.05, 0.1) is 12.5 Å². The lowest BCUT2D eigenvalue weighted by molar-refractivity contribution is 0.776. The maximum absolute atomic E-state index is 8.64. The van der Waals surface area contributed by atoms with E-state index in [0.717, 1.165) is 12.4 Å². The molecule has 0 aromatic carbocycles. The highest BCUT2D eigenvalue weighted by Crippen LogP contribution is 2.30. The summed E-state index contributed by atoms with van der Waals surface area (Å²) in [6, 6.07) is 4.64. The lowest BCUT2D eigenvalue weighted by atomic mass is 10.3. The van der Waals surface area contributed by atoms with Gasteiger partial charge in [0.1, 0.15) is 5.82 Å². The Morgan fingerprint density at radius 2 is 2.44 bits per heavy atom. The molecule has 0 radical (unpaired) electrons. The second kappa shape index (κ2) is 4.79. The molecule has 0 spiro atoms.